The molecular formula is C12H13ClN4O. The Labute approximate surface area is 110 Å². The summed E-state index contributed by atoms with van der Waals surface area (Å²) < 4.78 is 1.57. The third kappa shape index (κ3) is 2.62. The highest BCUT2D eigenvalue weighted by Gasteiger charge is 2.16. The van der Waals surface area contributed by atoms with Crippen LogP contribution in [-0.2, 0) is 4.79 Å². The van der Waals surface area contributed by atoms with E-state index in [1.807, 2.05) is 0 Å². The number of hydrogen-bond donors (Lipinski definition) is 2. The van der Waals surface area contributed by atoms with Crippen molar-refractivity contribution in [3.63, 3.8) is 0 Å². The molecule has 0 radical (unpaired) electrons. The molecule has 3 N–H and O–H groups in total. The molecule has 5 nitrogen and oxygen atoms in total. The molecule has 0 fully saturated rings. The van der Waals surface area contributed by atoms with Crippen LogP contribution in [0.1, 0.15) is 13.0 Å². The second-order valence-corrected chi connectivity index (χ2v) is 4.30. The van der Waals surface area contributed by atoms with Crippen molar-refractivity contribution in [3.8, 4) is 0 Å². The van der Waals surface area contributed by atoms with Gasteiger partial charge in [-0.2, -0.15) is 5.10 Å². The van der Waals surface area contributed by atoms with Crippen LogP contribution in [0.5, 0.6) is 0 Å². The largest absolute Gasteiger partial charge is 0.399 e. The van der Waals surface area contributed by atoms with Crippen molar-refractivity contribution in [3.05, 3.63) is 41.7 Å². The molecule has 0 saturated carbocycles. The predicted octanol–water partition coefficient (Wildman–Crippen LogP) is 2.32. The highest BCUT2D eigenvalue weighted by molar-refractivity contribution is 6.34. The minimum absolute atomic E-state index is 0.189. The minimum atomic E-state index is -0.409. The number of nitrogens with zero attached hydrogens (tertiary/aromatic N) is 2. The van der Waals surface area contributed by atoms with Gasteiger partial charge in [0.15, 0.2) is 0 Å². The lowest BCUT2D eigenvalue weighted by Gasteiger charge is -2.13. The Balaban J connectivity index is 2.12. The summed E-state index contributed by atoms with van der Waals surface area (Å²) in [4.78, 5) is 12.0. The number of benzene rings is 1. The molecule has 1 amide bonds. The SMILES string of the molecule is CC(C(=O)Nc1ccc(N)cc1Cl)n1cccn1. The fourth-order valence-corrected chi connectivity index (χ4v) is 1.74. The average molecular weight is 265 g/mol. The zero-order valence-electron chi connectivity index (χ0n) is 9.80. The van der Waals surface area contributed by atoms with Gasteiger partial charge in [-0.15, -0.1) is 0 Å². The molecule has 1 heterocycles. The number of nitrogens with one attached hydrogen (secondary N) is 1. The minimum Gasteiger partial charge on any atom is -0.399 e. The summed E-state index contributed by atoms with van der Waals surface area (Å²) in [6.07, 6.45) is 3.36. The molecule has 0 aliphatic rings. The van der Waals surface area contributed by atoms with Gasteiger partial charge in [0.1, 0.15) is 6.04 Å². The highest BCUT2D eigenvalue weighted by atomic mass is 35.5. The number of nitrogens with two attached hydrogens (primary N) is 1. The van der Waals surface area contributed by atoms with Crippen LogP contribution in [0, 0.1) is 0 Å². The first-order chi connectivity index (χ1) is 8.58. The Morgan fingerprint density at radius 3 is 2.94 bits per heavy atom. The lowest BCUT2D eigenvalue weighted by Crippen LogP contribution is -2.24. The van der Waals surface area contributed by atoms with Crippen molar-refractivity contribution in [1.29, 1.82) is 0 Å². The number of aromatic nitrogens is 2. The summed E-state index contributed by atoms with van der Waals surface area (Å²) in [7, 11) is 0. The van der Waals surface area contributed by atoms with Crippen LogP contribution in [0.25, 0.3) is 0 Å². The van der Waals surface area contributed by atoms with E-state index in [-0.39, 0.29) is 5.91 Å². The van der Waals surface area contributed by atoms with Gasteiger partial charge in [-0.25, -0.2) is 0 Å². The van der Waals surface area contributed by atoms with Crippen LogP contribution >= 0.6 is 11.6 Å². The lowest BCUT2D eigenvalue weighted by molar-refractivity contribution is -0.119. The number of hydrogen-bond acceptors (Lipinski definition) is 3. The van der Waals surface area contributed by atoms with Gasteiger partial charge >= 0.3 is 0 Å². The Bertz CT molecular complexity index is 553. The molecule has 18 heavy (non-hydrogen) atoms. The fraction of sp³-hybridized carbons (Fsp3) is 0.167. The van der Waals surface area contributed by atoms with Gasteiger partial charge in [0, 0.05) is 18.1 Å². The van der Waals surface area contributed by atoms with Crippen molar-refractivity contribution in [1.82, 2.24) is 9.78 Å². The maximum atomic E-state index is 12.0. The van der Waals surface area contributed by atoms with E-state index in [1.54, 1.807) is 48.3 Å². The molecular weight excluding hydrogens is 252 g/mol. The highest BCUT2D eigenvalue weighted by Crippen LogP contribution is 2.24. The van der Waals surface area contributed by atoms with Gasteiger partial charge < -0.3 is 11.1 Å². The molecule has 1 atom stereocenters. The Hall–Kier alpha value is -2.01. The number of nitrogen functional groups attached to an aromatic ring is 1. The maximum Gasteiger partial charge on any atom is 0.248 e. The first-order valence-corrected chi connectivity index (χ1v) is 5.81. The standard InChI is InChI=1S/C12H13ClN4O/c1-8(17-6-2-5-15-17)12(18)16-11-4-3-9(14)7-10(11)13/h2-8H,14H2,1H3,(H,16,18). The van der Waals surface area contributed by atoms with E-state index in [0.717, 1.165) is 0 Å². The molecule has 6 heteroatoms. The van der Waals surface area contributed by atoms with Crippen molar-refractivity contribution < 1.29 is 4.79 Å². The lowest BCUT2D eigenvalue weighted by atomic mass is 10.2. The molecule has 2 rings (SSSR count). The summed E-state index contributed by atoms with van der Waals surface area (Å²) in [5.74, 6) is -0.189. The van der Waals surface area contributed by atoms with E-state index in [2.05, 4.69) is 10.4 Å². The van der Waals surface area contributed by atoms with E-state index in [9.17, 15) is 4.79 Å². The van der Waals surface area contributed by atoms with Crippen molar-refractivity contribution >= 4 is 28.9 Å². The quantitative estimate of drug-likeness (QED) is 0.836. The maximum absolute atomic E-state index is 12.0. The summed E-state index contributed by atoms with van der Waals surface area (Å²) >= 11 is 5.99. The van der Waals surface area contributed by atoms with Gasteiger partial charge in [0.05, 0.1) is 10.7 Å². The second-order valence-electron chi connectivity index (χ2n) is 3.89. The number of anilines is 2. The number of amides is 1. The Kier molecular flexibility index (Phi) is 3.53. The molecule has 1 aromatic heterocycles. The van der Waals surface area contributed by atoms with E-state index < -0.39 is 6.04 Å². The van der Waals surface area contributed by atoms with Crippen LogP contribution in [0.2, 0.25) is 5.02 Å². The van der Waals surface area contributed by atoms with Gasteiger partial charge in [-0.05, 0) is 31.2 Å². The van der Waals surface area contributed by atoms with E-state index in [4.69, 9.17) is 17.3 Å². The van der Waals surface area contributed by atoms with Gasteiger partial charge in [0.2, 0.25) is 5.91 Å². The molecule has 2 aromatic rings. The Morgan fingerprint density at radius 2 is 2.33 bits per heavy atom. The smallest absolute Gasteiger partial charge is 0.248 e. The summed E-state index contributed by atoms with van der Waals surface area (Å²) in [5, 5.41) is 7.17. The van der Waals surface area contributed by atoms with Gasteiger partial charge in [-0.3, -0.25) is 9.48 Å². The van der Waals surface area contributed by atoms with Crippen LogP contribution in [0.15, 0.2) is 36.7 Å². The molecule has 0 aliphatic carbocycles. The molecule has 0 saturated heterocycles. The van der Waals surface area contributed by atoms with E-state index in [1.165, 1.54) is 0 Å². The first kappa shape index (κ1) is 12.4. The summed E-state index contributed by atoms with van der Waals surface area (Å²) in [5.41, 5.74) is 6.67. The number of carbonyl (C=O) groups is 1. The average Bonchev–Trinajstić information content (AvgIpc) is 2.85. The first-order valence-electron chi connectivity index (χ1n) is 5.43. The normalized spacial score (nSPS) is 12.1. The fourth-order valence-electron chi connectivity index (χ4n) is 1.50. The van der Waals surface area contributed by atoms with Crippen molar-refractivity contribution in [2.24, 2.45) is 0 Å². The number of rotatable bonds is 3. The zero-order valence-corrected chi connectivity index (χ0v) is 10.6. The van der Waals surface area contributed by atoms with Gasteiger partial charge in [-0.1, -0.05) is 11.6 Å². The van der Waals surface area contributed by atoms with E-state index in [0.29, 0.717) is 16.4 Å². The van der Waals surface area contributed by atoms with Crippen LogP contribution in [0.4, 0.5) is 11.4 Å². The number of halogens is 1. The predicted molar refractivity (Wildman–Crippen MR) is 71.4 cm³/mol. The molecule has 0 aliphatic heterocycles. The van der Waals surface area contributed by atoms with Crippen molar-refractivity contribution in [2.75, 3.05) is 11.1 Å². The molecule has 1 unspecified atom stereocenters. The molecule has 0 spiro atoms. The third-order valence-corrected chi connectivity index (χ3v) is 2.86. The van der Waals surface area contributed by atoms with Crippen LogP contribution < -0.4 is 11.1 Å². The van der Waals surface area contributed by atoms with Crippen LogP contribution in [-0.4, -0.2) is 15.7 Å². The van der Waals surface area contributed by atoms with E-state index >= 15 is 0 Å². The Morgan fingerprint density at radius 1 is 1.56 bits per heavy atom. The van der Waals surface area contributed by atoms with Gasteiger partial charge in [0.25, 0.3) is 0 Å². The van der Waals surface area contributed by atoms with Crippen LogP contribution in [0.3, 0.4) is 0 Å². The summed E-state index contributed by atoms with van der Waals surface area (Å²) in [6, 6.07) is 6.30. The molecule has 0 bridgehead atoms. The topological polar surface area (TPSA) is 72.9 Å². The zero-order chi connectivity index (χ0) is 13.1. The number of carbonyl (C=O) groups excluding carboxylic acids is 1. The second kappa shape index (κ2) is 5.10. The molecule has 1 aromatic carbocycles. The monoisotopic (exact) mass is 264 g/mol. The summed E-state index contributed by atoms with van der Waals surface area (Å²) in [6.45, 7) is 1.76. The third-order valence-electron chi connectivity index (χ3n) is 2.55. The molecule has 94 valence electrons. The van der Waals surface area contributed by atoms with Crippen molar-refractivity contribution in [2.45, 2.75) is 13.0 Å².